The second kappa shape index (κ2) is 6.72. The normalized spacial score (nSPS) is 10.7. The van der Waals surface area contributed by atoms with Crippen molar-refractivity contribution >= 4 is 17.5 Å². The van der Waals surface area contributed by atoms with Gasteiger partial charge in [0.25, 0.3) is 0 Å². The van der Waals surface area contributed by atoms with Crippen LogP contribution in [-0.4, -0.2) is 33.6 Å². The molecule has 0 bridgehead atoms. The molecule has 3 rings (SSSR count). The summed E-state index contributed by atoms with van der Waals surface area (Å²) in [5.41, 5.74) is 3.53. The lowest BCUT2D eigenvalue weighted by Crippen LogP contribution is -2.02. The van der Waals surface area contributed by atoms with Gasteiger partial charge in [0.15, 0.2) is 5.82 Å². The highest BCUT2D eigenvalue weighted by Gasteiger charge is 2.13. The highest BCUT2D eigenvalue weighted by Crippen LogP contribution is 2.20. The predicted molar refractivity (Wildman–Crippen MR) is 90.0 cm³/mol. The summed E-state index contributed by atoms with van der Waals surface area (Å²) in [5, 5.41) is 4.47. The molecule has 7 nitrogen and oxygen atoms in total. The standard InChI is InChI=1S/C18H17N3O4/c1-11-16-8-15(18(23)24-3)9-21(16)20-17(19-11)14-6-4-5-13(7-14)10-25-12(2)22/h4-9H,10H2,1-3H3. The number of rotatable bonds is 4. The minimum absolute atomic E-state index is 0.195. The Morgan fingerprint density at radius 3 is 2.76 bits per heavy atom. The number of benzene rings is 1. The van der Waals surface area contributed by atoms with E-state index in [1.165, 1.54) is 14.0 Å². The van der Waals surface area contributed by atoms with Crippen molar-refractivity contribution in [3.63, 3.8) is 0 Å². The van der Waals surface area contributed by atoms with Gasteiger partial charge < -0.3 is 9.47 Å². The van der Waals surface area contributed by atoms with Gasteiger partial charge in [0.2, 0.25) is 0 Å². The maximum atomic E-state index is 11.7. The van der Waals surface area contributed by atoms with E-state index >= 15 is 0 Å². The van der Waals surface area contributed by atoms with Crippen LogP contribution < -0.4 is 0 Å². The van der Waals surface area contributed by atoms with Gasteiger partial charge in [-0.3, -0.25) is 4.79 Å². The molecule has 0 atom stereocenters. The Bertz CT molecular complexity index is 962. The van der Waals surface area contributed by atoms with E-state index in [0.29, 0.717) is 11.4 Å². The van der Waals surface area contributed by atoms with Crippen molar-refractivity contribution < 1.29 is 19.1 Å². The SMILES string of the molecule is COC(=O)c1cc2c(C)nc(-c3cccc(COC(C)=O)c3)nn2c1. The molecular weight excluding hydrogens is 322 g/mol. The third-order valence-corrected chi connectivity index (χ3v) is 3.70. The molecule has 3 aromatic rings. The van der Waals surface area contributed by atoms with E-state index in [0.717, 1.165) is 22.3 Å². The molecule has 0 aliphatic carbocycles. The fraction of sp³-hybridized carbons (Fsp3) is 0.222. The summed E-state index contributed by atoms with van der Waals surface area (Å²) in [5.74, 6) is -0.238. The minimum atomic E-state index is -0.421. The Balaban J connectivity index is 2.00. The molecule has 0 saturated carbocycles. The predicted octanol–water partition coefficient (Wildman–Crippen LogP) is 2.55. The molecule has 0 radical (unpaired) electrons. The van der Waals surface area contributed by atoms with Crippen molar-refractivity contribution in [3.8, 4) is 11.4 Å². The number of carbonyl (C=O) groups is 2. The maximum Gasteiger partial charge on any atom is 0.339 e. The van der Waals surface area contributed by atoms with E-state index in [1.54, 1.807) is 16.8 Å². The van der Waals surface area contributed by atoms with Crippen LogP contribution in [0.1, 0.15) is 28.5 Å². The first-order valence-electron chi connectivity index (χ1n) is 7.66. The van der Waals surface area contributed by atoms with Gasteiger partial charge >= 0.3 is 11.9 Å². The highest BCUT2D eigenvalue weighted by atomic mass is 16.5. The molecule has 25 heavy (non-hydrogen) atoms. The Morgan fingerprint density at radius 2 is 2.04 bits per heavy atom. The first kappa shape index (κ1) is 16.6. The summed E-state index contributed by atoms with van der Waals surface area (Å²) in [4.78, 5) is 27.2. The zero-order valence-corrected chi connectivity index (χ0v) is 14.1. The molecule has 0 spiro atoms. The van der Waals surface area contributed by atoms with E-state index in [1.807, 2.05) is 31.2 Å². The zero-order chi connectivity index (χ0) is 18.0. The number of aromatic nitrogens is 3. The third kappa shape index (κ3) is 3.50. The molecule has 2 aromatic heterocycles. The maximum absolute atomic E-state index is 11.7. The molecule has 2 heterocycles. The van der Waals surface area contributed by atoms with E-state index in [4.69, 9.17) is 9.47 Å². The van der Waals surface area contributed by atoms with Crippen molar-refractivity contribution in [2.75, 3.05) is 7.11 Å². The fourth-order valence-electron chi connectivity index (χ4n) is 2.48. The van der Waals surface area contributed by atoms with Crippen LogP contribution in [-0.2, 0) is 20.9 Å². The molecule has 1 aromatic carbocycles. The molecule has 0 unspecified atom stereocenters. The highest BCUT2D eigenvalue weighted by molar-refractivity contribution is 5.91. The van der Waals surface area contributed by atoms with Crippen LogP contribution in [0.5, 0.6) is 0 Å². The van der Waals surface area contributed by atoms with Crippen molar-refractivity contribution in [2.45, 2.75) is 20.5 Å². The van der Waals surface area contributed by atoms with Crippen LogP contribution in [0.4, 0.5) is 0 Å². The molecule has 7 heteroatoms. The van der Waals surface area contributed by atoms with Gasteiger partial charge in [-0.15, -0.1) is 5.10 Å². The number of ether oxygens (including phenoxy) is 2. The van der Waals surface area contributed by atoms with Gasteiger partial charge in [0, 0.05) is 18.7 Å². The molecule has 0 saturated heterocycles. The molecular formula is C18H17N3O4. The zero-order valence-electron chi connectivity index (χ0n) is 14.1. The van der Waals surface area contributed by atoms with Crippen molar-refractivity contribution in [3.05, 3.63) is 53.3 Å². The Labute approximate surface area is 144 Å². The van der Waals surface area contributed by atoms with Crippen molar-refractivity contribution in [2.24, 2.45) is 0 Å². The summed E-state index contributed by atoms with van der Waals surface area (Å²) in [6, 6.07) is 9.16. The summed E-state index contributed by atoms with van der Waals surface area (Å²) < 4.78 is 11.4. The van der Waals surface area contributed by atoms with E-state index < -0.39 is 5.97 Å². The van der Waals surface area contributed by atoms with Crippen LogP contribution >= 0.6 is 0 Å². The summed E-state index contributed by atoms with van der Waals surface area (Å²) >= 11 is 0. The lowest BCUT2D eigenvalue weighted by atomic mass is 10.1. The first-order valence-corrected chi connectivity index (χ1v) is 7.66. The van der Waals surface area contributed by atoms with Crippen LogP contribution in [0.25, 0.3) is 16.9 Å². The summed E-state index contributed by atoms with van der Waals surface area (Å²) in [6.45, 7) is 3.42. The number of carbonyl (C=O) groups excluding carboxylic acids is 2. The molecule has 0 N–H and O–H groups in total. The Hall–Kier alpha value is -3.22. The number of esters is 2. The summed E-state index contributed by atoms with van der Waals surface area (Å²) in [7, 11) is 1.34. The van der Waals surface area contributed by atoms with Gasteiger partial charge in [-0.1, -0.05) is 18.2 Å². The Morgan fingerprint density at radius 1 is 1.24 bits per heavy atom. The van der Waals surface area contributed by atoms with E-state index in [2.05, 4.69) is 10.1 Å². The summed E-state index contributed by atoms with van der Waals surface area (Å²) in [6.07, 6.45) is 1.61. The van der Waals surface area contributed by atoms with Crippen molar-refractivity contribution in [1.29, 1.82) is 0 Å². The lowest BCUT2D eigenvalue weighted by Gasteiger charge is -2.07. The average molecular weight is 339 g/mol. The Kier molecular flexibility index (Phi) is 4.47. The second-order valence-corrected chi connectivity index (χ2v) is 5.55. The molecule has 128 valence electrons. The molecule has 0 amide bonds. The monoisotopic (exact) mass is 339 g/mol. The number of hydrogen-bond donors (Lipinski definition) is 0. The second-order valence-electron chi connectivity index (χ2n) is 5.55. The van der Waals surface area contributed by atoms with Gasteiger partial charge in [-0.2, -0.15) is 0 Å². The van der Waals surface area contributed by atoms with Crippen LogP contribution in [0.15, 0.2) is 36.5 Å². The number of nitrogens with zero attached hydrogens (tertiary/aromatic N) is 3. The fourth-order valence-corrected chi connectivity index (χ4v) is 2.48. The minimum Gasteiger partial charge on any atom is -0.465 e. The molecule has 0 aliphatic heterocycles. The van der Waals surface area contributed by atoms with Gasteiger partial charge in [0.05, 0.1) is 23.9 Å². The molecule has 0 aliphatic rings. The average Bonchev–Trinajstić information content (AvgIpc) is 3.04. The topological polar surface area (TPSA) is 82.8 Å². The van der Waals surface area contributed by atoms with Gasteiger partial charge in [-0.25, -0.2) is 14.3 Å². The largest absolute Gasteiger partial charge is 0.465 e. The van der Waals surface area contributed by atoms with Crippen LogP contribution in [0, 0.1) is 6.92 Å². The van der Waals surface area contributed by atoms with Crippen LogP contribution in [0.2, 0.25) is 0 Å². The molecule has 0 fully saturated rings. The third-order valence-electron chi connectivity index (χ3n) is 3.70. The smallest absolute Gasteiger partial charge is 0.339 e. The van der Waals surface area contributed by atoms with E-state index in [-0.39, 0.29) is 12.6 Å². The van der Waals surface area contributed by atoms with Crippen LogP contribution in [0.3, 0.4) is 0 Å². The van der Waals surface area contributed by atoms with E-state index in [9.17, 15) is 9.59 Å². The first-order chi connectivity index (χ1) is 12.0. The van der Waals surface area contributed by atoms with Gasteiger partial charge in [-0.05, 0) is 24.6 Å². The van der Waals surface area contributed by atoms with Crippen molar-refractivity contribution in [1.82, 2.24) is 14.6 Å². The number of hydrogen-bond acceptors (Lipinski definition) is 6. The lowest BCUT2D eigenvalue weighted by molar-refractivity contribution is -0.142. The number of fused-ring (bicyclic) bond motifs is 1. The number of methoxy groups -OCH3 is 1. The van der Waals surface area contributed by atoms with Gasteiger partial charge in [0.1, 0.15) is 6.61 Å². The quantitative estimate of drug-likeness (QED) is 0.679. The number of aryl methyl sites for hydroxylation is 1.